The van der Waals surface area contributed by atoms with Gasteiger partial charge in [-0.25, -0.2) is 4.39 Å². The highest BCUT2D eigenvalue weighted by Gasteiger charge is 2.27. The zero-order chi connectivity index (χ0) is 18.8. The van der Waals surface area contributed by atoms with E-state index in [0.717, 1.165) is 18.7 Å². The van der Waals surface area contributed by atoms with Crippen LogP contribution in [0.2, 0.25) is 0 Å². The van der Waals surface area contributed by atoms with Crippen LogP contribution in [0.4, 0.5) is 10.3 Å². The molecule has 1 aliphatic heterocycles. The number of rotatable bonds is 4. The summed E-state index contributed by atoms with van der Waals surface area (Å²) in [6.07, 6.45) is 1.54. The number of nitrogens with zero attached hydrogens (tertiary/aromatic N) is 4. The van der Waals surface area contributed by atoms with Gasteiger partial charge >= 0.3 is 0 Å². The van der Waals surface area contributed by atoms with Crippen molar-refractivity contribution in [2.24, 2.45) is 0 Å². The maximum absolute atomic E-state index is 13.1. The number of aromatic nitrogens is 1. The molecule has 0 aliphatic carbocycles. The molecule has 0 amide bonds. The smallest absolute Gasteiger partial charge is 0.266 e. The van der Waals surface area contributed by atoms with Crippen molar-refractivity contribution in [3.63, 3.8) is 0 Å². The topological polar surface area (TPSA) is 69.4 Å². The van der Waals surface area contributed by atoms with Crippen LogP contribution in [-0.2, 0) is 0 Å². The van der Waals surface area contributed by atoms with Crippen LogP contribution < -0.4 is 4.90 Å². The third-order valence-electron chi connectivity index (χ3n) is 4.95. The van der Waals surface area contributed by atoms with Crippen molar-refractivity contribution >= 4 is 5.88 Å². The fraction of sp³-hybridized carbons (Fsp3) is 0.300. The molecule has 138 valence electrons. The Morgan fingerprint density at radius 2 is 1.89 bits per heavy atom. The summed E-state index contributed by atoms with van der Waals surface area (Å²) in [6.45, 7) is 5.16. The third-order valence-corrected chi connectivity index (χ3v) is 4.95. The maximum Gasteiger partial charge on any atom is 0.266 e. The number of anilines is 1. The lowest BCUT2D eigenvalue weighted by atomic mass is 10.1. The van der Waals surface area contributed by atoms with Gasteiger partial charge in [-0.2, -0.15) is 10.2 Å². The van der Waals surface area contributed by atoms with Crippen LogP contribution in [0.5, 0.6) is 0 Å². The quantitative estimate of drug-likeness (QED) is 0.699. The standard InChI is InChI=1S/C20H19FN4O2/c1-14(15-4-6-16(21)7-5-15)24-8-10-25(11-9-24)20-17(13-22)23-19(27-20)18-3-2-12-26-18/h2-7,12,14H,8-11H2,1H3/t14-/m0/s1. The normalized spacial score (nSPS) is 16.3. The summed E-state index contributed by atoms with van der Waals surface area (Å²) in [6, 6.07) is 12.4. The van der Waals surface area contributed by atoms with E-state index >= 15 is 0 Å². The predicted molar refractivity (Wildman–Crippen MR) is 97.5 cm³/mol. The van der Waals surface area contributed by atoms with E-state index in [-0.39, 0.29) is 17.6 Å². The zero-order valence-corrected chi connectivity index (χ0v) is 14.9. The highest BCUT2D eigenvalue weighted by molar-refractivity contribution is 5.55. The minimum atomic E-state index is -0.225. The van der Waals surface area contributed by atoms with Gasteiger partial charge in [0.15, 0.2) is 5.76 Å². The maximum atomic E-state index is 13.1. The molecule has 0 bridgehead atoms. The first kappa shape index (κ1) is 17.3. The number of furan rings is 1. The number of halogens is 1. The Labute approximate surface area is 156 Å². The van der Waals surface area contributed by atoms with E-state index in [0.29, 0.717) is 30.6 Å². The molecule has 0 spiro atoms. The van der Waals surface area contributed by atoms with Gasteiger partial charge in [0.25, 0.3) is 5.89 Å². The SMILES string of the molecule is C[C@@H](c1ccc(F)cc1)N1CCN(c2oc(-c3ccco3)nc2C#N)CC1. The fourth-order valence-corrected chi connectivity index (χ4v) is 3.37. The molecule has 1 aromatic carbocycles. The van der Waals surface area contributed by atoms with Crippen LogP contribution in [0, 0.1) is 17.1 Å². The molecule has 0 unspecified atom stereocenters. The van der Waals surface area contributed by atoms with Crippen LogP contribution in [-0.4, -0.2) is 36.1 Å². The highest BCUT2D eigenvalue weighted by Crippen LogP contribution is 2.30. The molecule has 7 heteroatoms. The van der Waals surface area contributed by atoms with Gasteiger partial charge in [0.2, 0.25) is 11.6 Å². The molecule has 3 aromatic rings. The number of hydrogen-bond acceptors (Lipinski definition) is 6. The average molecular weight is 366 g/mol. The zero-order valence-electron chi connectivity index (χ0n) is 14.9. The highest BCUT2D eigenvalue weighted by atomic mass is 19.1. The summed E-state index contributed by atoms with van der Waals surface area (Å²) in [4.78, 5) is 8.61. The van der Waals surface area contributed by atoms with Gasteiger partial charge in [-0.05, 0) is 36.8 Å². The van der Waals surface area contributed by atoms with Gasteiger partial charge in [0, 0.05) is 32.2 Å². The molecule has 1 saturated heterocycles. The molecular weight excluding hydrogens is 347 g/mol. The Hall–Kier alpha value is -3.11. The summed E-state index contributed by atoms with van der Waals surface area (Å²) in [5, 5.41) is 9.40. The average Bonchev–Trinajstić information content (AvgIpc) is 3.37. The summed E-state index contributed by atoms with van der Waals surface area (Å²) in [7, 11) is 0. The van der Waals surface area contributed by atoms with Crippen LogP contribution in [0.25, 0.3) is 11.7 Å². The second-order valence-corrected chi connectivity index (χ2v) is 6.51. The molecule has 27 heavy (non-hydrogen) atoms. The predicted octanol–water partition coefficient (Wildman–Crippen LogP) is 3.83. The van der Waals surface area contributed by atoms with Crippen molar-refractivity contribution in [2.45, 2.75) is 13.0 Å². The minimum Gasteiger partial charge on any atom is -0.459 e. The van der Waals surface area contributed by atoms with E-state index in [1.165, 1.54) is 12.1 Å². The number of hydrogen-bond donors (Lipinski definition) is 0. The van der Waals surface area contributed by atoms with Gasteiger partial charge in [-0.1, -0.05) is 12.1 Å². The summed E-state index contributed by atoms with van der Waals surface area (Å²) in [5.41, 5.74) is 1.35. The summed E-state index contributed by atoms with van der Waals surface area (Å²) >= 11 is 0. The van der Waals surface area contributed by atoms with Crippen LogP contribution >= 0.6 is 0 Å². The Kier molecular flexibility index (Phi) is 4.65. The lowest BCUT2D eigenvalue weighted by molar-refractivity contribution is 0.196. The minimum absolute atomic E-state index is 0.191. The van der Waals surface area contributed by atoms with Gasteiger partial charge in [-0.3, -0.25) is 4.90 Å². The lowest BCUT2D eigenvalue weighted by Crippen LogP contribution is -2.47. The first-order valence-corrected chi connectivity index (χ1v) is 8.85. The van der Waals surface area contributed by atoms with Crippen molar-refractivity contribution in [2.75, 3.05) is 31.1 Å². The number of nitriles is 1. The fourth-order valence-electron chi connectivity index (χ4n) is 3.37. The largest absolute Gasteiger partial charge is 0.459 e. The van der Waals surface area contributed by atoms with E-state index in [4.69, 9.17) is 8.83 Å². The Morgan fingerprint density at radius 1 is 1.15 bits per heavy atom. The molecule has 0 N–H and O–H groups in total. The Balaban J connectivity index is 1.46. The molecule has 1 aliphatic rings. The molecule has 1 fully saturated rings. The number of oxazole rings is 1. The number of benzene rings is 1. The van der Waals surface area contributed by atoms with Gasteiger partial charge in [0.1, 0.15) is 11.9 Å². The molecular formula is C20H19FN4O2. The van der Waals surface area contributed by atoms with Crippen LogP contribution in [0.15, 0.2) is 51.5 Å². The van der Waals surface area contributed by atoms with Crippen molar-refractivity contribution in [1.29, 1.82) is 5.26 Å². The molecule has 0 radical (unpaired) electrons. The van der Waals surface area contributed by atoms with Crippen molar-refractivity contribution < 1.29 is 13.2 Å². The van der Waals surface area contributed by atoms with Crippen molar-refractivity contribution in [3.8, 4) is 17.7 Å². The third kappa shape index (κ3) is 3.44. The van der Waals surface area contributed by atoms with Crippen LogP contribution in [0.1, 0.15) is 24.2 Å². The van der Waals surface area contributed by atoms with E-state index in [1.54, 1.807) is 18.4 Å². The van der Waals surface area contributed by atoms with E-state index in [2.05, 4.69) is 22.9 Å². The van der Waals surface area contributed by atoms with E-state index < -0.39 is 0 Å². The van der Waals surface area contributed by atoms with Gasteiger partial charge in [-0.15, -0.1) is 0 Å². The molecule has 2 aromatic heterocycles. The first-order valence-electron chi connectivity index (χ1n) is 8.85. The van der Waals surface area contributed by atoms with E-state index in [1.807, 2.05) is 17.0 Å². The van der Waals surface area contributed by atoms with Crippen molar-refractivity contribution in [3.05, 3.63) is 59.7 Å². The first-order chi connectivity index (χ1) is 13.2. The number of piperazine rings is 1. The second kappa shape index (κ2) is 7.25. The summed E-state index contributed by atoms with van der Waals surface area (Å²) in [5.74, 6) is 1.07. The van der Waals surface area contributed by atoms with Crippen LogP contribution in [0.3, 0.4) is 0 Å². The molecule has 0 saturated carbocycles. The molecule has 4 rings (SSSR count). The Bertz CT molecular complexity index is 936. The lowest BCUT2D eigenvalue weighted by Gasteiger charge is -2.38. The molecule has 1 atom stereocenters. The monoisotopic (exact) mass is 366 g/mol. The van der Waals surface area contributed by atoms with Crippen molar-refractivity contribution in [1.82, 2.24) is 9.88 Å². The van der Waals surface area contributed by atoms with Gasteiger partial charge < -0.3 is 13.7 Å². The summed E-state index contributed by atoms with van der Waals surface area (Å²) < 4.78 is 24.3. The second-order valence-electron chi connectivity index (χ2n) is 6.51. The van der Waals surface area contributed by atoms with E-state index in [9.17, 15) is 9.65 Å². The Morgan fingerprint density at radius 3 is 2.52 bits per heavy atom. The molecule has 3 heterocycles. The molecule has 6 nitrogen and oxygen atoms in total. The van der Waals surface area contributed by atoms with Gasteiger partial charge in [0.05, 0.1) is 6.26 Å².